The molecule has 1 aromatic rings. The molecule has 0 radical (unpaired) electrons. The highest BCUT2D eigenvalue weighted by Crippen LogP contribution is 2.37. The van der Waals surface area contributed by atoms with E-state index in [2.05, 4.69) is 5.32 Å². The lowest BCUT2D eigenvalue weighted by Gasteiger charge is -2.19. The Balaban J connectivity index is 3.10. The van der Waals surface area contributed by atoms with Crippen molar-refractivity contribution in [1.82, 2.24) is 0 Å². The summed E-state index contributed by atoms with van der Waals surface area (Å²) in [7, 11) is 1.32. The molecule has 122 valence electrons. The normalized spacial score (nSPS) is 12.1. The summed E-state index contributed by atoms with van der Waals surface area (Å²) in [5.41, 5.74) is 0.0473. The van der Waals surface area contributed by atoms with Crippen molar-refractivity contribution < 1.29 is 18.7 Å². The van der Waals surface area contributed by atoms with Crippen LogP contribution in [0.3, 0.4) is 0 Å². The van der Waals surface area contributed by atoms with Crippen molar-refractivity contribution in [2.24, 2.45) is 5.92 Å². The van der Waals surface area contributed by atoms with Gasteiger partial charge in [0.15, 0.2) is 0 Å². The molecule has 0 heterocycles. The molecule has 0 saturated carbocycles. The minimum atomic E-state index is -0.615. The Morgan fingerprint density at radius 2 is 2.05 bits per heavy atom. The van der Waals surface area contributed by atoms with Gasteiger partial charge < -0.3 is 10.1 Å². The van der Waals surface area contributed by atoms with Crippen molar-refractivity contribution >= 4 is 40.9 Å². The van der Waals surface area contributed by atoms with Gasteiger partial charge in [-0.25, -0.2) is 4.39 Å². The minimum absolute atomic E-state index is 0.00672. The van der Waals surface area contributed by atoms with E-state index in [0.717, 1.165) is 6.07 Å². The summed E-state index contributed by atoms with van der Waals surface area (Å²) >= 11 is 7.23. The molecule has 0 aliphatic heterocycles. The van der Waals surface area contributed by atoms with Gasteiger partial charge in [-0.2, -0.15) is 0 Å². The Labute approximate surface area is 138 Å². The number of halogens is 2. The number of hydrogen-bond acceptors (Lipinski definition) is 4. The maximum Gasteiger partial charge on any atom is 0.319 e. The second-order valence-electron chi connectivity index (χ2n) is 4.97. The number of carbonyl (C=O) groups excluding carboxylic acids is 2. The predicted octanol–water partition coefficient (Wildman–Crippen LogP) is 4.12. The zero-order valence-corrected chi connectivity index (χ0v) is 14.5. The number of anilines is 1. The summed E-state index contributed by atoms with van der Waals surface area (Å²) in [6.45, 7) is 5.43. The van der Waals surface area contributed by atoms with Gasteiger partial charge in [-0.3, -0.25) is 9.59 Å². The second kappa shape index (κ2) is 8.39. The van der Waals surface area contributed by atoms with Gasteiger partial charge >= 0.3 is 5.97 Å². The molecule has 0 bridgehead atoms. The van der Waals surface area contributed by atoms with Crippen LogP contribution in [0.15, 0.2) is 17.0 Å². The van der Waals surface area contributed by atoms with Crippen LogP contribution >= 0.6 is 23.4 Å². The fourth-order valence-corrected chi connectivity index (χ4v) is 3.04. The number of esters is 1. The van der Waals surface area contributed by atoms with E-state index in [0.29, 0.717) is 4.90 Å². The highest BCUT2D eigenvalue weighted by molar-refractivity contribution is 8.00. The Morgan fingerprint density at radius 1 is 1.41 bits per heavy atom. The first-order valence-corrected chi connectivity index (χ1v) is 8.09. The van der Waals surface area contributed by atoms with Crippen LogP contribution in [-0.4, -0.2) is 24.2 Å². The van der Waals surface area contributed by atoms with Gasteiger partial charge in [-0.1, -0.05) is 32.4 Å². The number of methoxy groups -OCH3 is 1. The van der Waals surface area contributed by atoms with Crippen LogP contribution in [0.5, 0.6) is 0 Å². The second-order valence-corrected chi connectivity index (χ2v) is 6.56. The van der Waals surface area contributed by atoms with Crippen LogP contribution in [0.2, 0.25) is 5.02 Å². The van der Waals surface area contributed by atoms with Crippen LogP contribution in [0.4, 0.5) is 10.1 Å². The minimum Gasteiger partial charge on any atom is -0.468 e. The summed E-state index contributed by atoms with van der Waals surface area (Å²) in [4.78, 5) is 23.8. The first-order valence-electron chi connectivity index (χ1n) is 6.83. The highest BCUT2D eigenvalue weighted by atomic mass is 35.5. The number of carbonyl (C=O) groups is 2. The molecule has 1 atom stereocenters. The third kappa shape index (κ3) is 4.88. The van der Waals surface area contributed by atoms with E-state index in [1.54, 1.807) is 6.92 Å². The monoisotopic (exact) mass is 347 g/mol. The van der Waals surface area contributed by atoms with Gasteiger partial charge in [0.2, 0.25) is 5.91 Å². The zero-order valence-electron chi connectivity index (χ0n) is 12.9. The van der Waals surface area contributed by atoms with Crippen molar-refractivity contribution in [2.45, 2.75) is 37.3 Å². The molecule has 0 aliphatic carbocycles. The summed E-state index contributed by atoms with van der Waals surface area (Å²) < 4.78 is 18.6. The van der Waals surface area contributed by atoms with Gasteiger partial charge in [0.1, 0.15) is 11.1 Å². The predicted molar refractivity (Wildman–Crippen MR) is 86.8 cm³/mol. The van der Waals surface area contributed by atoms with Crippen molar-refractivity contribution in [3.05, 3.63) is 23.0 Å². The molecular weight excluding hydrogens is 329 g/mol. The fraction of sp³-hybridized carbons (Fsp3) is 0.467. The van der Waals surface area contributed by atoms with Gasteiger partial charge in [0.25, 0.3) is 0 Å². The standard InChI is InChI=1S/C15H19ClFNO3S/c1-5-13(19)18-11-7-12(9(16)6-10(11)17)22-14(8(2)3)15(20)21-4/h6-8,14H,5H2,1-4H3,(H,18,19). The van der Waals surface area contributed by atoms with Crippen molar-refractivity contribution in [3.63, 3.8) is 0 Å². The molecule has 1 amide bonds. The zero-order chi connectivity index (χ0) is 16.9. The Hall–Kier alpha value is -1.27. The molecule has 1 rings (SSSR count). The SMILES string of the molecule is CCC(=O)Nc1cc(SC(C(=O)OC)C(C)C)c(Cl)cc1F. The van der Waals surface area contributed by atoms with E-state index in [4.69, 9.17) is 16.3 Å². The van der Waals surface area contributed by atoms with Crippen LogP contribution in [0, 0.1) is 11.7 Å². The summed E-state index contributed by atoms with van der Waals surface area (Å²) in [5.74, 6) is -1.28. The Bertz CT molecular complexity index is 566. The molecule has 7 heteroatoms. The van der Waals surface area contributed by atoms with Crippen molar-refractivity contribution in [1.29, 1.82) is 0 Å². The number of hydrogen-bond donors (Lipinski definition) is 1. The number of rotatable bonds is 6. The molecule has 1 unspecified atom stereocenters. The van der Waals surface area contributed by atoms with Gasteiger partial charge in [0, 0.05) is 11.3 Å². The van der Waals surface area contributed by atoms with Crippen LogP contribution in [0.25, 0.3) is 0 Å². The maximum absolute atomic E-state index is 13.8. The van der Waals surface area contributed by atoms with Crippen molar-refractivity contribution in [2.75, 3.05) is 12.4 Å². The average Bonchev–Trinajstić information content (AvgIpc) is 2.47. The first kappa shape index (κ1) is 18.8. The molecular formula is C15H19ClFNO3S. The van der Waals surface area contributed by atoms with E-state index in [1.807, 2.05) is 13.8 Å². The molecule has 4 nitrogen and oxygen atoms in total. The molecule has 22 heavy (non-hydrogen) atoms. The lowest BCUT2D eigenvalue weighted by molar-refractivity contribution is -0.140. The van der Waals surface area contributed by atoms with Crippen molar-refractivity contribution in [3.8, 4) is 0 Å². The molecule has 1 aromatic carbocycles. The van der Waals surface area contributed by atoms with Crippen LogP contribution in [-0.2, 0) is 14.3 Å². The average molecular weight is 348 g/mol. The molecule has 0 fully saturated rings. The number of thioether (sulfide) groups is 1. The van der Waals surface area contributed by atoms with Gasteiger partial charge in [0.05, 0.1) is 17.8 Å². The van der Waals surface area contributed by atoms with Crippen LogP contribution in [0.1, 0.15) is 27.2 Å². The number of ether oxygens (including phenoxy) is 1. The molecule has 0 aromatic heterocycles. The van der Waals surface area contributed by atoms with E-state index in [1.165, 1.54) is 24.9 Å². The number of nitrogens with one attached hydrogen (secondary N) is 1. The van der Waals surface area contributed by atoms with E-state index >= 15 is 0 Å². The third-order valence-corrected chi connectivity index (χ3v) is 4.92. The number of benzene rings is 1. The lowest BCUT2D eigenvalue weighted by atomic mass is 10.1. The third-order valence-electron chi connectivity index (χ3n) is 2.91. The van der Waals surface area contributed by atoms with E-state index in [9.17, 15) is 14.0 Å². The summed E-state index contributed by atoms with van der Waals surface area (Å²) in [5, 5.41) is 2.19. The largest absolute Gasteiger partial charge is 0.468 e. The summed E-state index contributed by atoms with van der Waals surface area (Å²) in [6.07, 6.45) is 0.237. The van der Waals surface area contributed by atoms with E-state index in [-0.39, 0.29) is 34.9 Å². The fourth-order valence-electron chi connectivity index (χ4n) is 1.66. The smallest absolute Gasteiger partial charge is 0.319 e. The molecule has 0 spiro atoms. The molecule has 0 saturated heterocycles. The number of amides is 1. The Morgan fingerprint density at radius 3 is 2.55 bits per heavy atom. The topological polar surface area (TPSA) is 55.4 Å². The highest BCUT2D eigenvalue weighted by Gasteiger charge is 2.26. The quantitative estimate of drug-likeness (QED) is 0.621. The van der Waals surface area contributed by atoms with E-state index < -0.39 is 11.1 Å². The lowest BCUT2D eigenvalue weighted by Crippen LogP contribution is -2.24. The molecule has 1 N–H and O–H groups in total. The van der Waals surface area contributed by atoms with Gasteiger partial charge in [-0.05, 0) is 18.1 Å². The molecule has 0 aliphatic rings. The first-order chi connectivity index (χ1) is 10.3. The maximum atomic E-state index is 13.8. The van der Waals surface area contributed by atoms with Crippen LogP contribution < -0.4 is 5.32 Å². The van der Waals surface area contributed by atoms with Gasteiger partial charge in [-0.15, -0.1) is 11.8 Å². The Kier molecular flexibility index (Phi) is 7.16. The summed E-state index contributed by atoms with van der Waals surface area (Å²) in [6, 6.07) is 2.57.